The van der Waals surface area contributed by atoms with E-state index in [1.165, 1.54) is 11.8 Å². The lowest BCUT2D eigenvalue weighted by molar-refractivity contribution is -0.113. The maximum atomic E-state index is 13.2. The fourth-order valence-electron chi connectivity index (χ4n) is 3.08. The minimum absolute atomic E-state index is 0.188. The van der Waals surface area contributed by atoms with E-state index in [-0.39, 0.29) is 5.91 Å². The van der Waals surface area contributed by atoms with Gasteiger partial charge in [-0.1, -0.05) is 36.0 Å². The predicted octanol–water partition coefficient (Wildman–Crippen LogP) is 3.32. The molecule has 7 nitrogen and oxygen atoms in total. The molecule has 8 heteroatoms. The van der Waals surface area contributed by atoms with Gasteiger partial charge in [0.05, 0.1) is 5.57 Å². The van der Waals surface area contributed by atoms with Crippen molar-refractivity contribution in [1.82, 2.24) is 19.7 Å². The van der Waals surface area contributed by atoms with Crippen LogP contribution in [0.25, 0.3) is 0 Å². The van der Waals surface area contributed by atoms with Crippen molar-refractivity contribution in [3.05, 3.63) is 71.7 Å². The molecule has 1 aliphatic heterocycles. The maximum absolute atomic E-state index is 13.2. The number of carbonyl (C=O) groups excluding carboxylic acids is 1. The molecule has 3 aromatic rings. The van der Waals surface area contributed by atoms with E-state index in [9.17, 15) is 4.79 Å². The number of hydrogen-bond donors (Lipinski definition) is 2. The molecular weight excluding hydrogens is 360 g/mol. The third-order valence-electron chi connectivity index (χ3n) is 4.29. The second-order valence-electron chi connectivity index (χ2n) is 6.04. The zero-order valence-corrected chi connectivity index (χ0v) is 15.7. The highest BCUT2D eigenvalue weighted by Gasteiger charge is 2.34. The molecule has 0 saturated carbocycles. The van der Waals surface area contributed by atoms with Crippen LogP contribution in [0.4, 0.5) is 11.6 Å². The Morgan fingerprint density at radius 1 is 1.22 bits per heavy atom. The number of nitrogens with zero attached hydrogens (tertiary/aromatic N) is 4. The van der Waals surface area contributed by atoms with Crippen molar-refractivity contribution in [2.24, 2.45) is 0 Å². The molecule has 136 valence electrons. The normalized spacial score (nSPS) is 15.9. The van der Waals surface area contributed by atoms with E-state index < -0.39 is 6.04 Å². The number of rotatable bonds is 4. The highest BCUT2D eigenvalue weighted by molar-refractivity contribution is 7.98. The molecule has 3 heterocycles. The summed E-state index contributed by atoms with van der Waals surface area (Å²) < 4.78 is 1.75. The average molecular weight is 378 g/mol. The summed E-state index contributed by atoms with van der Waals surface area (Å²) in [5, 5.41) is 11.4. The van der Waals surface area contributed by atoms with Crippen LogP contribution < -0.4 is 10.6 Å². The van der Waals surface area contributed by atoms with E-state index in [0.717, 1.165) is 16.9 Å². The van der Waals surface area contributed by atoms with Crippen LogP contribution in [0.3, 0.4) is 0 Å². The number of para-hydroxylation sites is 1. The lowest BCUT2D eigenvalue weighted by Gasteiger charge is -2.28. The monoisotopic (exact) mass is 378 g/mol. The average Bonchev–Trinajstić information content (AvgIpc) is 3.11. The fourth-order valence-corrected chi connectivity index (χ4v) is 3.43. The fraction of sp³-hybridized carbons (Fsp3) is 0.158. The van der Waals surface area contributed by atoms with E-state index in [1.807, 2.05) is 55.6 Å². The third kappa shape index (κ3) is 3.31. The van der Waals surface area contributed by atoms with E-state index in [1.54, 1.807) is 17.1 Å². The molecule has 0 bridgehead atoms. The Balaban J connectivity index is 1.79. The molecule has 1 unspecified atom stereocenters. The highest BCUT2D eigenvalue weighted by Crippen LogP contribution is 2.36. The number of hydrogen-bond acceptors (Lipinski definition) is 6. The van der Waals surface area contributed by atoms with Gasteiger partial charge >= 0.3 is 0 Å². The predicted molar refractivity (Wildman–Crippen MR) is 106 cm³/mol. The van der Waals surface area contributed by atoms with Gasteiger partial charge in [-0.25, -0.2) is 4.68 Å². The van der Waals surface area contributed by atoms with Gasteiger partial charge < -0.3 is 10.6 Å². The SMILES string of the molecule is CSc1nc2n(n1)C(c1cccnc1)C(C(=O)Nc1ccccc1)=C(C)N2. The summed E-state index contributed by atoms with van der Waals surface area (Å²) in [7, 11) is 0. The molecule has 2 N–H and O–H groups in total. The number of nitrogens with one attached hydrogen (secondary N) is 2. The van der Waals surface area contributed by atoms with Crippen LogP contribution in [0.15, 0.2) is 71.3 Å². The standard InChI is InChI=1S/C19H18N6OS/c1-12-15(17(26)22-14-8-4-3-5-9-14)16(13-7-6-10-20-11-13)25-18(21-12)23-19(24-25)27-2/h3-11,16H,1-2H3,(H,22,26)(H,21,23,24). The Morgan fingerprint density at radius 3 is 2.74 bits per heavy atom. The second kappa shape index (κ2) is 7.24. The molecule has 0 fully saturated rings. The van der Waals surface area contributed by atoms with E-state index >= 15 is 0 Å². The van der Waals surface area contributed by atoms with Gasteiger partial charge in [0.25, 0.3) is 5.91 Å². The first kappa shape index (κ1) is 17.3. The van der Waals surface area contributed by atoms with Crippen LogP contribution >= 0.6 is 11.8 Å². The number of allylic oxidation sites excluding steroid dienone is 1. The summed E-state index contributed by atoms with van der Waals surface area (Å²) in [6.45, 7) is 1.88. The van der Waals surface area contributed by atoms with Crippen molar-refractivity contribution in [2.45, 2.75) is 18.1 Å². The van der Waals surface area contributed by atoms with Gasteiger partial charge in [0.1, 0.15) is 6.04 Å². The summed E-state index contributed by atoms with van der Waals surface area (Å²) in [4.78, 5) is 21.9. The van der Waals surface area contributed by atoms with Crippen molar-refractivity contribution in [3.63, 3.8) is 0 Å². The Morgan fingerprint density at radius 2 is 2.04 bits per heavy atom. The summed E-state index contributed by atoms with van der Waals surface area (Å²) >= 11 is 1.46. The van der Waals surface area contributed by atoms with Gasteiger partial charge in [0.15, 0.2) is 0 Å². The number of thioether (sulfide) groups is 1. The third-order valence-corrected chi connectivity index (χ3v) is 4.83. The zero-order valence-electron chi connectivity index (χ0n) is 14.9. The molecule has 0 radical (unpaired) electrons. The van der Waals surface area contributed by atoms with Gasteiger partial charge in [0, 0.05) is 23.8 Å². The lowest BCUT2D eigenvalue weighted by Crippen LogP contribution is -2.31. The Labute approximate surface area is 160 Å². The molecule has 2 aromatic heterocycles. The van der Waals surface area contributed by atoms with Gasteiger partial charge in [-0.2, -0.15) is 4.98 Å². The number of fused-ring (bicyclic) bond motifs is 1. The topological polar surface area (TPSA) is 84.7 Å². The summed E-state index contributed by atoms with van der Waals surface area (Å²) in [6.07, 6.45) is 5.38. The summed E-state index contributed by atoms with van der Waals surface area (Å²) in [6, 6.07) is 12.8. The van der Waals surface area contributed by atoms with Crippen molar-refractivity contribution in [3.8, 4) is 0 Å². The van der Waals surface area contributed by atoms with Crippen LogP contribution in [0.5, 0.6) is 0 Å². The number of anilines is 2. The van der Waals surface area contributed by atoms with E-state index in [0.29, 0.717) is 16.7 Å². The van der Waals surface area contributed by atoms with Gasteiger partial charge in [-0.3, -0.25) is 9.78 Å². The number of benzene rings is 1. The number of carbonyl (C=O) groups is 1. The smallest absolute Gasteiger partial charge is 0.255 e. The maximum Gasteiger partial charge on any atom is 0.255 e. The first-order valence-electron chi connectivity index (χ1n) is 8.42. The molecule has 0 saturated heterocycles. The molecular formula is C19H18N6OS. The Bertz CT molecular complexity index is 1000. The molecule has 0 aliphatic carbocycles. The molecule has 1 amide bonds. The van der Waals surface area contributed by atoms with Gasteiger partial charge in [0.2, 0.25) is 11.1 Å². The van der Waals surface area contributed by atoms with Crippen molar-refractivity contribution < 1.29 is 4.79 Å². The summed E-state index contributed by atoms with van der Waals surface area (Å²) in [5.41, 5.74) is 2.93. The second-order valence-corrected chi connectivity index (χ2v) is 6.81. The largest absolute Gasteiger partial charge is 0.328 e. The number of aromatic nitrogens is 4. The van der Waals surface area contributed by atoms with Gasteiger partial charge in [-0.15, -0.1) is 5.10 Å². The molecule has 27 heavy (non-hydrogen) atoms. The van der Waals surface area contributed by atoms with Crippen LogP contribution in [0, 0.1) is 0 Å². The first-order valence-corrected chi connectivity index (χ1v) is 9.64. The van der Waals surface area contributed by atoms with Gasteiger partial charge in [-0.05, 0) is 36.9 Å². The Kier molecular flexibility index (Phi) is 4.64. The first-order chi connectivity index (χ1) is 13.2. The van der Waals surface area contributed by atoms with E-state index in [4.69, 9.17) is 0 Å². The molecule has 1 atom stereocenters. The minimum Gasteiger partial charge on any atom is -0.328 e. The van der Waals surface area contributed by atoms with Crippen LogP contribution in [0.1, 0.15) is 18.5 Å². The number of amides is 1. The van der Waals surface area contributed by atoms with E-state index in [2.05, 4.69) is 25.7 Å². The number of pyridine rings is 1. The molecule has 4 rings (SSSR count). The quantitative estimate of drug-likeness (QED) is 0.678. The molecule has 1 aromatic carbocycles. The lowest BCUT2D eigenvalue weighted by atomic mass is 9.96. The van der Waals surface area contributed by atoms with Crippen LogP contribution in [0.2, 0.25) is 0 Å². The minimum atomic E-state index is -0.410. The zero-order chi connectivity index (χ0) is 18.8. The highest BCUT2D eigenvalue weighted by atomic mass is 32.2. The van der Waals surface area contributed by atoms with Crippen LogP contribution in [-0.4, -0.2) is 31.9 Å². The summed E-state index contributed by atoms with van der Waals surface area (Å²) in [5.74, 6) is 0.425. The molecule has 0 spiro atoms. The van der Waals surface area contributed by atoms with Crippen molar-refractivity contribution in [2.75, 3.05) is 16.9 Å². The molecule has 1 aliphatic rings. The van der Waals surface area contributed by atoms with Crippen molar-refractivity contribution in [1.29, 1.82) is 0 Å². The van der Waals surface area contributed by atoms with Crippen LogP contribution in [-0.2, 0) is 4.79 Å². The van der Waals surface area contributed by atoms with Crippen molar-refractivity contribution >= 4 is 29.3 Å². The Hall–Kier alpha value is -3.13.